The molecular formula is C14H22N2O2. The number of unbranched alkanes of at least 4 members (excludes halogenated alkanes) is 1. The topological polar surface area (TPSA) is 64.3 Å². The Kier molecular flexibility index (Phi) is 7.06. The normalized spacial score (nSPS) is 12.1. The monoisotopic (exact) mass is 250 g/mol. The summed E-state index contributed by atoms with van der Waals surface area (Å²) in [5, 5.41) is 0. The van der Waals surface area contributed by atoms with Gasteiger partial charge in [0.05, 0.1) is 12.5 Å². The molecule has 1 rings (SSSR count). The molecule has 0 fully saturated rings. The summed E-state index contributed by atoms with van der Waals surface area (Å²) in [7, 11) is 0. The summed E-state index contributed by atoms with van der Waals surface area (Å²) in [5.74, 6) is 4.91. The highest BCUT2D eigenvalue weighted by Crippen LogP contribution is 2.10. The van der Waals surface area contributed by atoms with E-state index in [2.05, 4.69) is 12.3 Å². The Morgan fingerprint density at radius 3 is 2.72 bits per heavy atom. The first-order valence-electron chi connectivity index (χ1n) is 6.42. The molecule has 3 N–H and O–H groups in total. The Balaban J connectivity index is 2.50. The van der Waals surface area contributed by atoms with E-state index in [0.717, 1.165) is 18.4 Å². The summed E-state index contributed by atoms with van der Waals surface area (Å²) in [4.78, 5) is 11.9. The van der Waals surface area contributed by atoms with Crippen molar-refractivity contribution in [2.24, 2.45) is 11.8 Å². The second-order valence-corrected chi connectivity index (χ2v) is 4.32. The van der Waals surface area contributed by atoms with E-state index in [4.69, 9.17) is 10.6 Å². The largest absolute Gasteiger partial charge is 0.465 e. The van der Waals surface area contributed by atoms with Gasteiger partial charge in [-0.05, 0) is 18.4 Å². The number of nitrogens with two attached hydrogens (primary N) is 1. The third-order valence-corrected chi connectivity index (χ3v) is 2.76. The van der Waals surface area contributed by atoms with Crippen LogP contribution in [-0.2, 0) is 16.0 Å². The maximum absolute atomic E-state index is 11.9. The lowest BCUT2D eigenvalue weighted by Gasteiger charge is -2.15. The molecule has 4 nitrogen and oxygen atoms in total. The molecule has 0 radical (unpaired) electrons. The summed E-state index contributed by atoms with van der Waals surface area (Å²) in [5.41, 5.74) is 3.67. The molecule has 0 heterocycles. The van der Waals surface area contributed by atoms with Gasteiger partial charge in [0.1, 0.15) is 0 Å². The Morgan fingerprint density at radius 1 is 1.39 bits per heavy atom. The molecule has 1 unspecified atom stereocenters. The summed E-state index contributed by atoms with van der Waals surface area (Å²) < 4.78 is 5.23. The number of rotatable bonds is 8. The maximum Gasteiger partial charge on any atom is 0.310 e. The standard InChI is InChI=1S/C14H22N2O2/c1-2-3-9-18-14(17)13(11-16-15)10-12-7-5-4-6-8-12/h4-8,13,16H,2-3,9-11,15H2,1H3. The molecule has 0 aromatic heterocycles. The van der Waals surface area contributed by atoms with Crippen LogP contribution in [0.1, 0.15) is 25.3 Å². The maximum atomic E-state index is 11.9. The van der Waals surface area contributed by atoms with Gasteiger partial charge in [0.25, 0.3) is 0 Å². The molecule has 0 saturated carbocycles. The van der Waals surface area contributed by atoms with Gasteiger partial charge in [0.2, 0.25) is 0 Å². The first kappa shape index (κ1) is 14.7. The zero-order valence-corrected chi connectivity index (χ0v) is 10.9. The minimum atomic E-state index is -0.228. The number of benzene rings is 1. The van der Waals surface area contributed by atoms with Crippen LogP contribution in [0.5, 0.6) is 0 Å². The molecule has 0 spiro atoms. The predicted molar refractivity (Wildman–Crippen MR) is 71.7 cm³/mol. The molecule has 1 aromatic rings. The molecular weight excluding hydrogens is 228 g/mol. The molecule has 4 heteroatoms. The highest BCUT2D eigenvalue weighted by Gasteiger charge is 2.19. The van der Waals surface area contributed by atoms with E-state index < -0.39 is 0 Å². The van der Waals surface area contributed by atoms with E-state index in [0.29, 0.717) is 19.6 Å². The zero-order chi connectivity index (χ0) is 13.2. The van der Waals surface area contributed by atoms with Gasteiger partial charge >= 0.3 is 5.97 Å². The average Bonchev–Trinajstić information content (AvgIpc) is 2.39. The predicted octanol–water partition coefficient (Wildman–Crippen LogP) is 1.65. The number of hydrazine groups is 1. The van der Waals surface area contributed by atoms with E-state index >= 15 is 0 Å². The Labute approximate surface area is 108 Å². The average molecular weight is 250 g/mol. The number of ether oxygens (including phenoxy) is 1. The van der Waals surface area contributed by atoms with Crippen LogP contribution in [0.2, 0.25) is 0 Å². The summed E-state index contributed by atoms with van der Waals surface area (Å²) in [6.45, 7) is 2.99. The molecule has 0 aliphatic rings. The van der Waals surface area contributed by atoms with Crippen LogP contribution in [0.15, 0.2) is 30.3 Å². The van der Waals surface area contributed by atoms with Crippen molar-refractivity contribution >= 4 is 5.97 Å². The van der Waals surface area contributed by atoms with E-state index in [1.165, 1.54) is 0 Å². The highest BCUT2D eigenvalue weighted by atomic mass is 16.5. The molecule has 0 aliphatic carbocycles. The number of hydrogen-bond acceptors (Lipinski definition) is 4. The zero-order valence-electron chi connectivity index (χ0n) is 10.9. The van der Waals surface area contributed by atoms with Crippen LogP contribution >= 0.6 is 0 Å². The number of nitrogens with one attached hydrogen (secondary N) is 1. The van der Waals surface area contributed by atoms with Gasteiger partial charge < -0.3 is 4.74 Å². The van der Waals surface area contributed by atoms with Crippen LogP contribution in [0.25, 0.3) is 0 Å². The SMILES string of the molecule is CCCCOC(=O)C(CNN)Cc1ccccc1. The van der Waals surface area contributed by atoms with Crippen molar-refractivity contribution < 1.29 is 9.53 Å². The Hall–Kier alpha value is -1.39. The number of hydrogen-bond donors (Lipinski definition) is 2. The van der Waals surface area contributed by atoms with Crippen LogP contribution < -0.4 is 11.3 Å². The smallest absolute Gasteiger partial charge is 0.310 e. The van der Waals surface area contributed by atoms with Crippen LogP contribution in [-0.4, -0.2) is 19.1 Å². The molecule has 0 amide bonds. The summed E-state index contributed by atoms with van der Waals surface area (Å²) >= 11 is 0. The van der Waals surface area contributed by atoms with Crippen molar-refractivity contribution in [2.75, 3.05) is 13.2 Å². The van der Waals surface area contributed by atoms with Crippen LogP contribution in [0, 0.1) is 5.92 Å². The minimum Gasteiger partial charge on any atom is -0.465 e. The molecule has 0 aliphatic heterocycles. The van der Waals surface area contributed by atoms with Crippen molar-refractivity contribution in [3.63, 3.8) is 0 Å². The molecule has 1 aromatic carbocycles. The number of carbonyl (C=O) groups is 1. The van der Waals surface area contributed by atoms with E-state index in [-0.39, 0.29) is 11.9 Å². The van der Waals surface area contributed by atoms with Gasteiger partial charge in [-0.25, -0.2) is 0 Å². The van der Waals surface area contributed by atoms with E-state index in [1.807, 2.05) is 30.3 Å². The third-order valence-electron chi connectivity index (χ3n) is 2.76. The van der Waals surface area contributed by atoms with Crippen molar-refractivity contribution in [3.8, 4) is 0 Å². The van der Waals surface area contributed by atoms with Crippen LogP contribution in [0.3, 0.4) is 0 Å². The fourth-order valence-electron chi connectivity index (χ4n) is 1.71. The van der Waals surface area contributed by atoms with Crippen molar-refractivity contribution in [1.29, 1.82) is 0 Å². The Morgan fingerprint density at radius 2 is 2.11 bits per heavy atom. The van der Waals surface area contributed by atoms with Crippen LogP contribution in [0.4, 0.5) is 0 Å². The first-order chi connectivity index (χ1) is 8.77. The lowest BCUT2D eigenvalue weighted by Crippen LogP contribution is -2.35. The second-order valence-electron chi connectivity index (χ2n) is 4.32. The van der Waals surface area contributed by atoms with Gasteiger partial charge in [-0.1, -0.05) is 43.7 Å². The summed E-state index contributed by atoms with van der Waals surface area (Å²) in [6.07, 6.45) is 2.57. The van der Waals surface area contributed by atoms with Gasteiger partial charge in [0.15, 0.2) is 0 Å². The fraction of sp³-hybridized carbons (Fsp3) is 0.500. The van der Waals surface area contributed by atoms with E-state index in [1.54, 1.807) is 0 Å². The quantitative estimate of drug-likeness (QED) is 0.319. The highest BCUT2D eigenvalue weighted by molar-refractivity contribution is 5.73. The summed E-state index contributed by atoms with van der Waals surface area (Å²) in [6, 6.07) is 9.89. The van der Waals surface area contributed by atoms with Gasteiger partial charge in [-0.15, -0.1) is 0 Å². The molecule has 0 saturated heterocycles. The third kappa shape index (κ3) is 5.29. The lowest BCUT2D eigenvalue weighted by molar-refractivity contribution is -0.148. The van der Waals surface area contributed by atoms with Crippen molar-refractivity contribution in [2.45, 2.75) is 26.2 Å². The molecule has 1 atom stereocenters. The minimum absolute atomic E-state index is 0.176. The lowest BCUT2D eigenvalue weighted by atomic mass is 9.99. The van der Waals surface area contributed by atoms with Gasteiger partial charge in [-0.2, -0.15) is 0 Å². The molecule has 0 bridgehead atoms. The Bertz CT molecular complexity index is 341. The molecule has 18 heavy (non-hydrogen) atoms. The first-order valence-corrected chi connectivity index (χ1v) is 6.42. The molecule has 100 valence electrons. The van der Waals surface area contributed by atoms with Gasteiger partial charge in [-0.3, -0.25) is 16.1 Å². The van der Waals surface area contributed by atoms with E-state index in [9.17, 15) is 4.79 Å². The fourth-order valence-corrected chi connectivity index (χ4v) is 1.71. The van der Waals surface area contributed by atoms with Crippen molar-refractivity contribution in [3.05, 3.63) is 35.9 Å². The van der Waals surface area contributed by atoms with Gasteiger partial charge in [0, 0.05) is 6.54 Å². The van der Waals surface area contributed by atoms with Crippen molar-refractivity contribution in [1.82, 2.24) is 5.43 Å². The number of esters is 1. The second kappa shape index (κ2) is 8.66. The number of carbonyl (C=O) groups excluding carboxylic acids is 1.